The van der Waals surface area contributed by atoms with Crippen LogP contribution in [0.15, 0.2) is 29.3 Å². The highest BCUT2D eigenvalue weighted by Gasteiger charge is 2.20. The molecule has 0 unspecified atom stereocenters. The SMILES string of the molecule is COc1ccccc1CN1CN=C(NS(=O)(=O)C(C)C)NC1. The lowest BCUT2D eigenvalue weighted by molar-refractivity contribution is 0.251. The van der Waals surface area contributed by atoms with Crippen molar-refractivity contribution in [3.8, 4) is 5.75 Å². The average molecular weight is 326 g/mol. The lowest BCUT2D eigenvalue weighted by Gasteiger charge is -2.27. The van der Waals surface area contributed by atoms with E-state index in [2.05, 4.69) is 15.0 Å². The Kier molecular flexibility index (Phi) is 5.25. The second-order valence-corrected chi connectivity index (χ2v) is 7.56. The molecule has 1 heterocycles. The number of hydrogen-bond acceptors (Lipinski definition) is 6. The summed E-state index contributed by atoms with van der Waals surface area (Å²) >= 11 is 0. The maximum Gasteiger partial charge on any atom is 0.237 e. The molecule has 0 aromatic heterocycles. The lowest BCUT2D eigenvalue weighted by atomic mass is 10.2. The van der Waals surface area contributed by atoms with Crippen LogP contribution in [0.1, 0.15) is 19.4 Å². The summed E-state index contributed by atoms with van der Waals surface area (Å²) in [6.45, 7) is 4.85. The molecule has 0 aliphatic carbocycles. The van der Waals surface area contributed by atoms with E-state index in [0.29, 0.717) is 25.8 Å². The van der Waals surface area contributed by atoms with Gasteiger partial charge in [0.25, 0.3) is 0 Å². The van der Waals surface area contributed by atoms with Crippen LogP contribution >= 0.6 is 0 Å². The molecule has 122 valence electrons. The van der Waals surface area contributed by atoms with Crippen LogP contribution in [0.4, 0.5) is 0 Å². The van der Waals surface area contributed by atoms with Gasteiger partial charge in [-0.2, -0.15) is 0 Å². The van der Waals surface area contributed by atoms with Crippen molar-refractivity contribution in [3.63, 3.8) is 0 Å². The number of para-hydroxylation sites is 1. The molecular formula is C14H22N4O3S. The third kappa shape index (κ3) is 4.11. The van der Waals surface area contributed by atoms with Gasteiger partial charge >= 0.3 is 0 Å². The van der Waals surface area contributed by atoms with Gasteiger partial charge in [0.1, 0.15) is 5.75 Å². The van der Waals surface area contributed by atoms with Crippen molar-refractivity contribution < 1.29 is 13.2 Å². The highest BCUT2D eigenvalue weighted by molar-refractivity contribution is 7.90. The van der Waals surface area contributed by atoms with Crippen LogP contribution < -0.4 is 14.8 Å². The minimum absolute atomic E-state index is 0.296. The standard InChI is InChI=1S/C14H22N4O3S/c1-11(2)22(19,20)17-14-15-9-18(10-16-14)8-12-6-4-5-7-13(12)21-3/h4-7,11H,8-10H2,1-3H3,(H2,15,16,17). The summed E-state index contributed by atoms with van der Waals surface area (Å²) in [4.78, 5) is 6.28. The van der Waals surface area contributed by atoms with Crippen molar-refractivity contribution in [2.24, 2.45) is 4.99 Å². The Morgan fingerprint density at radius 3 is 2.73 bits per heavy atom. The number of benzene rings is 1. The van der Waals surface area contributed by atoms with Crippen LogP contribution in [0.3, 0.4) is 0 Å². The smallest absolute Gasteiger partial charge is 0.237 e. The van der Waals surface area contributed by atoms with Gasteiger partial charge in [-0.15, -0.1) is 0 Å². The molecule has 1 aliphatic rings. The number of aliphatic imine (C=N–C) groups is 1. The molecule has 8 heteroatoms. The first kappa shape index (κ1) is 16.6. The third-order valence-corrected chi connectivity index (χ3v) is 5.06. The van der Waals surface area contributed by atoms with Crippen LogP contribution in [0.2, 0.25) is 0 Å². The Balaban J connectivity index is 1.97. The summed E-state index contributed by atoms with van der Waals surface area (Å²) in [5.74, 6) is 1.13. The molecule has 2 N–H and O–H groups in total. The molecule has 7 nitrogen and oxygen atoms in total. The zero-order chi connectivity index (χ0) is 16.2. The Labute approximate surface area is 131 Å². The van der Waals surface area contributed by atoms with Crippen LogP contribution in [0.25, 0.3) is 0 Å². The van der Waals surface area contributed by atoms with Gasteiger partial charge in [-0.1, -0.05) is 18.2 Å². The second-order valence-electron chi connectivity index (χ2n) is 5.32. The van der Waals surface area contributed by atoms with Gasteiger partial charge in [0.2, 0.25) is 16.0 Å². The van der Waals surface area contributed by atoms with Crippen LogP contribution in [-0.4, -0.2) is 45.0 Å². The Morgan fingerprint density at radius 2 is 2.14 bits per heavy atom. The first-order valence-electron chi connectivity index (χ1n) is 7.06. The quantitative estimate of drug-likeness (QED) is 0.832. The fraction of sp³-hybridized carbons (Fsp3) is 0.500. The summed E-state index contributed by atoms with van der Waals surface area (Å²) in [6.07, 6.45) is 0. The number of hydrogen-bond donors (Lipinski definition) is 2. The molecule has 1 aromatic rings. The van der Waals surface area contributed by atoms with Gasteiger partial charge in [-0.25, -0.2) is 13.4 Å². The molecule has 0 saturated carbocycles. The van der Waals surface area contributed by atoms with Crippen molar-refractivity contribution in [2.45, 2.75) is 25.6 Å². The van der Waals surface area contributed by atoms with Crippen LogP contribution in [0, 0.1) is 0 Å². The van der Waals surface area contributed by atoms with Gasteiger partial charge in [-0.05, 0) is 19.9 Å². The minimum Gasteiger partial charge on any atom is -0.496 e. The van der Waals surface area contributed by atoms with Crippen molar-refractivity contribution in [1.82, 2.24) is 14.9 Å². The van der Waals surface area contributed by atoms with Gasteiger partial charge in [0.15, 0.2) is 0 Å². The van der Waals surface area contributed by atoms with Gasteiger partial charge in [0.05, 0.1) is 25.7 Å². The molecular weight excluding hydrogens is 304 g/mol. The monoisotopic (exact) mass is 326 g/mol. The molecule has 1 aromatic carbocycles. The number of guanidine groups is 1. The van der Waals surface area contributed by atoms with E-state index < -0.39 is 15.3 Å². The van der Waals surface area contributed by atoms with E-state index in [-0.39, 0.29) is 0 Å². The summed E-state index contributed by atoms with van der Waals surface area (Å²) in [5.41, 5.74) is 1.06. The molecule has 1 aliphatic heterocycles. The molecule has 0 amide bonds. The van der Waals surface area contributed by atoms with E-state index in [0.717, 1.165) is 11.3 Å². The molecule has 0 bridgehead atoms. The highest BCUT2D eigenvalue weighted by Crippen LogP contribution is 2.19. The maximum atomic E-state index is 11.8. The number of nitrogens with one attached hydrogen (secondary N) is 2. The van der Waals surface area contributed by atoms with E-state index >= 15 is 0 Å². The fourth-order valence-electron chi connectivity index (χ4n) is 1.96. The Morgan fingerprint density at radius 1 is 1.41 bits per heavy atom. The number of nitrogens with zero attached hydrogens (tertiary/aromatic N) is 2. The molecule has 0 radical (unpaired) electrons. The third-order valence-electron chi connectivity index (χ3n) is 3.34. The summed E-state index contributed by atoms with van der Waals surface area (Å²) < 4.78 is 31.4. The highest BCUT2D eigenvalue weighted by atomic mass is 32.2. The van der Waals surface area contributed by atoms with Crippen LogP contribution in [-0.2, 0) is 16.6 Å². The van der Waals surface area contributed by atoms with E-state index in [1.54, 1.807) is 21.0 Å². The largest absolute Gasteiger partial charge is 0.496 e. The predicted molar refractivity (Wildman–Crippen MR) is 86.0 cm³/mol. The number of rotatable bonds is 5. The van der Waals surface area contributed by atoms with Crippen molar-refractivity contribution in [2.75, 3.05) is 20.4 Å². The fourth-order valence-corrected chi connectivity index (χ4v) is 2.61. The van der Waals surface area contributed by atoms with Crippen molar-refractivity contribution >= 4 is 16.0 Å². The number of ether oxygens (including phenoxy) is 1. The van der Waals surface area contributed by atoms with Gasteiger partial charge in [-0.3, -0.25) is 9.62 Å². The second kappa shape index (κ2) is 6.97. The van der Waals surface area contributed by atoms with Gasteiger partial charge < -0.3 is 10.1 Å². The van der Waals surface area contributed by atoms with Crippen molar-refractivity contribution in [1.29, 1.82) is 0 Å². The maximum absolute atomic E-state index is 11.8. The van der Waals surface area contributed by atoms with E-state index in [4.69, 9.17) is 4.74 Å². The van der Waals surface area contributed by atoms with Gasteiger partial charge in [0, 0.05) is 12.1 Å². The van der Waals surface area contributed by atoms with Crippen LogP contribution in [0.5, 0.6) is 5.75 Å². The molecule has 0 saturated heterocycles. The molecule has 0 fully saturated rings. The molecule has 0 atom stereocenters. The average Bonchev–Trinajstić information content (AvgIpc) is 2.49. The Bertz CT molecular complexity index is 643. The number of sulfonamides is 1. The summed E-state index contributed by atoms with van der Waals surface area (Å²) in [5, 5.41) is 2.49. The van der Waals surface area contributed by atoms with E-state index in [1.165, 1.54) is 0 Å². The first-order valence-corrected chi connectivity index (χ1v) is 8.61. The zero-order valence-electron chi connectivity index (χ0n) is 13.0. The molecule has 2 rings (SSSR count). The lowest BCUT2D eigenvalue weighted by Crippen LogP contribution is -2.51. The predicted octanol–water partition coefficient (Wildman–Crippen LogP) is 0.699. The normalized spacial score (nSPS) is 16.1. The van der Waals surface area contributed by atoms with E-state index in [1.807, 2.05) is 29.2 Å². The first-order chi connectivity index (χ1) is 10.4. The summed E-state index contributed by atoms with van der Waals surface area (Å²) in [6, 6.07) is 7.80. The summed E-state index contributed by atoms with van der Waals surface area (Å²) in [7, 11) is -1.72. The minimum atomic E-state index is -3.37. The molecule has 0 spiro atoms. The van der Waals surface area contributed by atoms with Crippen molar-refractivity contribution in [3.05, 3.63) is 29.8 Å². The number of methoxy groups -OCH3 is 1. The van der Waals surface area contributed by atoms with E-state index in [9.17, 15) is 8.42 Å². The zero-order valence-corrected chi connectivity index (χ0v) is 13.9. The molecule has 22 heavy (non-hydrogen) atoms. The topological polar surface area (TPSA) is 83.0 Å². The Hall–Kier alpha value is -1.80.